The van der Waals surface area contributed by atoms with E-state index in [2.05, 4.69) is 65.0 Å². The average Bonchev–Trinajstić information content (AvgIpc) is 4.07. The van der Waals surface area contributed by atoms with Crippen molar-refractivity contribution >= 4 is 51.7 Å². The second-order valence-electron chi connectivity index (χ2n) is 20.4. The van der Waals surface area contributed by atoms with Gasteiger partial charge in [0.2, 0.25) is 17.7 Å². The lowest BCUT2D eigenvalue weighted by Gasteiger charge is -2.42. The number of nitrogens with zero attached hydrogens (tertiary/aromatic N) is 8. The number of carbonyl (C=O) groups excluding carboxylic acids is 4. The molecular formula is C54H60F2N10O4. The molecule has 1 aliphatic carbocycles. The fourth-order valence-corrected chi connectivity index (χ4v) is 11.8. The second kappa shape index (κ2) is 18.4. The maximum Gasteiger partial charge on any atom is 0.254 e. The van der Waals surface area contributed by atoms with Crippen molar-refractivity contribution in [2.75, 3.05) is 69.6 Å². The minimum atomic E-state index is -0.704. The third-order valence-electron chi connectivity index (χ3n) is 16.0. The van der Waals surface area contributed by atoms with Crippen molar-refractivity contribution in [2.24, 2.45) is 13.0 Å². The number of halogens is 2. The molecule has 2 atom stereocenters. The Balaban J connectivity index is 0.661. The zero-order chi connectivity index (χ0) is 48.4. The van der Waals surface area contributed by atoms with Crippen LogP contribution in [0.4, 0.5) is 20.3 Å². The molecule has 0 bridgehead atoms. The monoisotopic (exact) mass is 950 g/mol. The van der Waals surface area contributed by atoms with Crippen LogP contribution >= 0.6 is 0 Å². The smallest absolute Gasteiger partial charge is 0.254 e. The molecule has 3 saturated heterocycles. The lowest BCUT2D eigenvalue weighted by Crippen LogP contribution is -2.54. The van der Waals surface area contributed by atoms with Crippen LogP contribution in [-0.2, 0) is 39.9 Å². The highest BCUT2D eigenvalue weighted by Crippen LogP contribution is 2.58. The summed E-state index contributed by atoms with van der Waals surface area (Å²) in [4.78, 5) is 71.8. The first-order valence-corrected chi connectivity index (χ1v) is 24.9. The number of piperazine rings is 1. The first-order valence-electron chi connectivity index (χ1n) is 24.9. The van der Waals surface area contributed by atoms with Crippen LogP contribution in [-0.4, -0.2) is 129 Å². The lowest BCUT2D eigenvalue weighted by atomic mass is 9.94. The Bertz CT molecular complexity index is 2920. The number of rotatable bonds is 11. The SMILES string of the molecule is CNc1ccc(-c2ccnc3c2cc(CN2CC=C(c4c(F)cc(C(=O)N5CCC(CN6CCN(Cc7ccc8c(c7)C7(CC7)C(=O)N8C7CCC(=O)NC7=O)C[C@@H]6C)CC5)cc4F)CC2)n3C)cn1. The van der Waals surface area contributed by atoms with Gasteiger partial charge in [0.15, 0.2) is 0 Å². The van der Waals surface area contributed by atoms with Gasteiger partial charge >= 0.3 is 0 Å². The number of benzene rings is 2. The first-order chi connectivity index (χ1) is 33.9. The molecular weight excluding hydrogens is 891 g/mol. The summed E-state index contributed by atoms with van der Waals surface area (Å²) in [6.45, 7) is 9.60. The van der Waals surface area contributed by atoms with E-state index < -0.39 is 29.0 Å². The molecule has 14 nitrogen and oxygen atoms in total. The Kier molecular flexibility index (Phi) is 12.1. The van der Waals surface area contributed by atoms with Crippen molar-refractivity contribution in [2.45, 2.75) is 82.5 Å². The minimum Gasteiger partial charge on any atom is -0.373 e. The summed E-state index contributed by atoms with van der Waals surface area (Å²) < 4.78 is 33.8. The van der Waals surface area contributed by atoms with E-state index in [1.165, 1.54) is 12.1 Å². The van der Waals surface area contributed by atoms with E-state index in [0.29, 0.717) is 63.1 Å². The molecule has 8 heterocycles. The van der Waals surface area contributed by atoms with E-state index in [-0.39, 0.29) is 35.3 Å². The maximum atomic E-state index is 15.8. The highest BCUT2D eigenvalue weighted by Gasteiger charge is 2.61. The van der Waals surface area contributed by atoms with Crippen LogP contribution in [0.1, 0.15) is 84.6 Å². The van der Waals surface area contributed by atoms with Gasteiger partial charge in [-0.05, 0) is 116 Å². The quantitative estimate of drug-likeness (QED) is 0.142. The number of piperidine rings is 2. The summed E-state index contributed by atoms with van der Waals surface area (Å²) in [6.07, 6.45) is 9.84. The molecule has 1 unspecified atom stereocenters. The standard InChI is InChI=1S/C54H60F2N10O4/c1-33-29-63(30-35-4-6-45-42(24-35)54(15-16-54)53(70)66(45)46-7-9-48(67)60-51(46)68)22-23-65(33)31-34-11-20-64(21-12-34)52(69)38-25-43(55)49(44(56)26-38)36-13-18-62(19-14-36)32-39-27-41-40(10-17-58-50(41)61(39)3)37-5-8-47(57-2)59-28-37/h4-6,8,10,13,17,24-28,33-34,46H,7,9,11-12,14-16,18-23,29-32H2,1-3H3,(H,57,59)(H,60,67,68)/t33-,46?/m0/s1. The van der Waals surface area contributed by atoms with Crippen LogP contribution in [0, 0.1) is 17.6 Å². The third-order valence-corrected chi connectivity index (χ3v) is 16.0. The van der Waals surface area contributed by atoms with E-state index in [0.717, 1.165) is 109 Å². The Morgan fingerprint density at radius 3 is 2.37 bits per heavy atom. The number of likely N-dealkylation sites (tertiary alicyclic amines) is 1. The molecule has 1 spiro atoms. The molecule has 1 saturated carbocycles. The van der Waals surface area contributed by atoms with Crippen LogP contribution in [0.5, 0.6) is 0 Å². The van der Waals surface area contributed by atoms with Crippen molar-refractivity contribution in [3.05, 3.63) is 113 Å². The van der Waals surface area contributed by atoms with E-state index in [4.69, 9.17) is 0 Å². The van der Waals surface area contributed by atoms with Gasteiger partial charge in [0, 0.05) is 138 Å². The van der Waals surface area contributed by atoms with Gasteiger partial charge in [-0.25, -0.2) is 18.7 Å². The first kappa shape index (κ1) is 46.0. The van der Waals surface area contributed by atoms with Gasteiger partial charge in [-0.1, -0.05) is 18.2 Å². The fourth-order valence-electron chi connectivity index (χ4n) is 11.8. The fraction of sp³-hybridized carbons (Fsp3) is 0.444. The van der Waals surface area contributed by atoms with Gasteiger partial charge < -0.3 is 14.8 Å². The van der Waals surface area contributed by atoms with Gasteiger partial charge in [0.1, 0.15) is 29.1 Å². The number of pyridine rings is 2. The summed E-state index contributed by atoms with van der Waals surface area (Å²) in [7, 11) is 3.85. The largest absolute Gasteiger partial charge is 0.373 e. The molecule has 3 aromatic heterocycles. The zero-order valence-corrected chi connectivity index (χ0v) is 40.1. The van der Waals surface area contributed by atoms with Crippen LogP contribution in [0.2, 0.25) is 0 Å². The number of nitrogens with one attached hydrogen (secondary N) is 2. The number of hydrogen-bond donors (Lipinski definition) is 2. The number of aryl methyl sites for hydroxylation is 1. The van der Waals surface area contributed by atoms with Gasteiger partial charge in [0.25, 0.3) is 5.91 Å². The molecule has 6 aliphatic rings. The van der Waals surface area contributed by atoms with Gasteiger partial charge in [0.05, 0.1) is 5.41 Å². The van der Waals surface area contributed by atoms with Crippen molar-refractivity contribution in [1.29, 1.82) is 0 Å². The average molecular weight is 951 g/mol. The Labute approximate surface area is 406 Å². The van der Waals surface area contributed by atoms with Crippen molar-refractivity contribution in [1.82, 2.24) is 39.5 Å². The number of amides is 4. The van der Waals surface area contributed by atoms with E-state index in [1.54, 1.807) is 9.80 Å². The molecule has 70 heavy (non-hydrogen) atoms. The van der Waals surface area contributed by atoms with E-state index in [1.807, 2.05) is 56.8 Å². The van der Waals surface area contributed by atoms with E-state index in [9.17, 15) is 19.2 Å². The predicted molar refractivity (Wildman–Crippen MR) is 264 cm³/mol. The van der Waals surface area contributed by atoms with E-state index >= 15 is 8.78 Å². The highest BCUT2D eigenvalue weighted by atomic mass is 19.1. The molecule has 16 heteroatoms. The highest BCUT2D eigenvalue weighted by molar-refractivity contribution is 6.15. The zero-order valence-electron chi connectivity index (χ0n) is 40.1. The Hall–Kier alpha value is -6.36. The summed E-state index contributed by atoms with van der Waals surface area (Å²) in [5, 5.41) is 6.51. The number of fused-ring (bicyclic) bond motifs is 3. The number of hydrogen-bond acceptors (Lipinski definition) is 10. The third kappa shape index (κ3) is 8.46. The molecule has 11 rings (SSSR count). The maximum absolute atomic E-state index is 15.8. The predicted octanol–water partition coefficient (Wildman–Crippen LogP) is 6.49. The second-order valence-corrected chi connectivity index (χ2v) is 20.4. The number of anilines is 2. The normalized spacial score (nSPS) is 22.2. The summed E-state index contributed by atoms with van der Waals surface area (Å²) in [5.41, 5.74) is 7.07. The molecule has 364 valence electrons. The minimum absolute atomic E-state index is 0.0159. The Morgan fingerprint density at radius 1 is 0.886 bits per heavy atom. The molecule has 5 aromatic rings. The Morgan fingerprint density at radius 2 is 1.69 bits per heavy atom. The number of imide groups is 1. The molecule has 4 fully saturated rings. The summed E-state index contributed by atoms with van der Waals surface area (Å²) in [6, 6.07) is 16.5. The molecule has 4 amide bonds. The number of carbonyl (C=O) groups is 4. The van der Waals surface area contributed by atoms with Crippen LogP contribution in [0.3, 0.4) is 0 Å². The van der Waals surface area contributed by atoms with Gasteiger partial charge in [-0.15, -0.1) is 0 Å². The topological polar surface area (TPSA) is 139 Å². The van der Waals surface area contributed by atoms with Crippen LogP contribution in [0.15, 0.2) is 73.1 Å². The molecule has 2 N–H and O–H groups in total. The van der Waals surface area contributed by atoms with Gasteiger partial charge in [-0.2, -0.15) is 0 Å². The molecule has 5 aliphatic heterocycles. The van der Waals surface area contributed by atoms with Crippen LogP contribution < -0.4 is 15.5 Å². The van der Waals surface area contributed by atoms with Crippen molar-refractivity contribution < 1.29 is 28.0 Å². The summed E-state index contributed by atoms with van der Waals surface area (Å²) in [5.74, 6) is -1.23. The van der Waals surface area contributed by atoms with Crippen molar-refractivity contribution in [3.8, 4) is 11.1 Å². The summed E-state index contributed by atoms with van der Waals surface area (Å²) >= 11 is 0. The van der Waals surface area contributed by atoms with Crippen LogP contribution in [0.25, 0.3) is 27.7 Å². The number of aromatic nitrogens is 3. The lowest BCUT2D eigenvalue weighted by molar-refractivity contribution is -0.135. The molecule has 2 aromatic carbocycles. The van der Waals surface area contributed by atoms with Crippen molar-refractivity contribution in [3.63, 3.8) is 0 Å². The molecule has 0 radical (unpaired) electrons. The van der Waals surface area contributed by atoms with Gasteiger partial charge in [-0.3, -0.25) is 44.1 Å².